The molecule has 1 N–H and O–H groups in total. The molecular formula is C18H20N2O3S. The van der Waals surface area contributed by atoms with Crippen molar-refractivity contribution in [1.82, 2.24) is 10.2 Å². The highest BCUT2D eigenvalue weighted by atomic mass is 32.1. The van der Waals surface area contributed by atoms with Crippen molar-refractivity contribution in [1.29, 1.82) is 0 Å². The Morgan fingerprint density at radius 1 is 1.33 bits per heavy atom. The number of benzene rings is 1. The van der Waals surface area contributed by atoms with Crippen LogP contribution in [0.2, 0.25) is 0 Å². The molecule has 5 nitrogen and oxygen atoms in total. The molecule has 1 aliphatic heterocycles. The summed E-state index contributed by atoms with van der Waals surface area (Å²) in [5, 5.41) is 2.61. The fraction of sp³-hybridized carbons (Fsp3) is 0.278. The minimum Gasteiger partial charge on any atom is -0.491 e. The largest absolute Gasteiger partial charge is 0.491 e. The van der Waals surface area contributed by atoms with E-state index >= 15 is 0 Å². The van der Waals surface area contributed by atoms with E-state index in [1.807, 2.05) is 19.1 Å². The summed E-state index contributed by atoms with van der Waals surface area (Å²) in [6.07, 6.45) is 4.15. The van der Waals surface area contributed by atoms with Crippen LogP contribution in [0.1, 0.15) is 25.8 Å². The molecule has 1 saturated heterocycles. The maximum absolute atomic E-state index is 12.4. The summed E-state index contributed by atoms with van der Waals surface area (Å²) in [4.78, 5) is 25.8. The average molecular weight is 344 g/mol. The van der Waals surface area contributed by atoms with Crippen LogP contribution in [0.15, 0.2) is 42.5 Å². The van der Waals surface area contributed by atoms with E-state index in [2.05, 4.69) is 18.8 Å². The summed E-state index contributed by atoms with van der Waals surface area (Å²) in [7, 11) is 0. The van der Waals surface area contributed by atoms with Gasteiger partial charge >= 0.3 is 0 Å². The third kappa shape index (κ3) is 4.08. The Balaban J connectivity index is 2.22. The first-order valence-electron chi connectivity index (χ1n) is 7.72. The molecule has 0 bridgehead atoms. The molecule has 0 aliphatic carbocycles. The van der Waals surface area contributed by atoms with Crippen LogP contribution >= 0.6 is 12.2 Å². The first-order chi connectivity index (χ1) is 11.5. The molecule has 24 heavy (non-hydrogen) atoms. The number of hydrogen-bond acceptors (Lipinski definition) is 4. The van der Waals surface area contributed by atoms with Gasteiger partial charge in [0.15, 0.2) is 5.11 Å². The van der Waals surface area contributed by atoms with Crippen LogP contribution < -0.4 is 10.1 Å². The molecule has 1 atom stereocenters. The van der Waals surface area contributed by atoms with Gasteiger partial charge < -0.3 is 4.74 Å². The van der Waals surface area contributed by atoms with E-state index in [1.54, 1.807) is 24.3 Å². The number of carbonyl (C=O) groups excluding carboxylic acids is 2. The molecule has 2 amide bonds. The zero-order chi connectivity index (χ0) is 17.7. The van der Waals surface area contributed by atoms with Crippen molar-refractivity contribution in [3.05, 3.63) is 48.1 Å². The maximum Gasteiger partial charge on any atom is 0.265 e. The highest BCUT2D eigenvalue weighted by Gasteiger charge is 2.32. The van der Waals surface area contributed by atoms with Crippen molar-refractivity contribution in [3.8, 4) is 5.75 Å². The molecule has 1 aliphatic rings. The number of carbonyl (C=O) groups is 2. The molecule has 1 unspecified atom stereocenters. The van der Waals surface area contributed by atoms with Gasteiger partial charge in [-0.1, -0.05) is 25.1 Å². The second-order valence-electron chi connectivity index (χ2n) is 5.43. The summed E-state index contributed by atoms with van der Waals surface area (Å²) in [5.41, 5.74) is 0.775. The van der Waals surface area contributed by atoms with Gasteiger partial charge in [-0.3, -0.25) is 19.8 Å². The van der Waals surface area contributed by atoms with Gasteiger partial charge in [0.2, 0.25) is 0 Å². The lowest BCUT2D eigenvalue weighted by Gasteiger charge is -2.27. The minimum absolute atomic E-state index is 0.0426. The number of ether oxygens (including phenoxy) is 1. The van der Waals surface area contributed by atoms with Crippen LogP contribution in [0.5, 0.6) is 5.75 Å². The maximum atomic E-state index is 12.4. The van der Waals surface area contributed by atoms with Crippen LogP contribution in [0, 0.1) is 0 Å². The smallest absolute Gasteiger partial charge is 0.265 e. The molecule has 1 fully saturated rings. The van der Waals surface area contributed by atoms with Crippen LogP contribution in [0.4, 0.5) is 0 Å². The van der Waals surface area contributed by atoms with E-state index in [4.69, 9.17) is 17.0 Å². The van der Waals surface area contributed by atoms with E-state index in [0.29, 0.717) is 0 Å². The van der Waals surface area contributed by atoms with E-state index in [-0.39, 0.29) is 23.3 Å². The van der Waals surface area contributed by atoms with Crippen molar-refractivity contribution in [3.63, 3.8) is 0 Å². The minimum atomic E-state index is -0.495. The molecule has 1 aromatic rings. The van der Waals surface area contributed by atoms with Crippen LogP contribution in [-0.2, 0) is 9.59 Å². The predicted molar refractivity (Wildman–Crippen MR) is 97.5 cm³/mol. The van der Waals surface area contributed by atoms with Gasteiger partial charge in [-0.25, -0.2) is 0 Å². The van der Waals surface area contributed by atoms with E-state index in [0.717, 1.165) is 17.7 Å². The average Bonchev–Trinajstić information content (AvgIpc) is 2.56. The van der Waals surface area contributed by atoms with Gasteiger partial charge in [-0.2, -0.15) is 0 Å². The Morgan fingerprint density at radius 3 is 2.58 bits per heavy atom. The lowest BCUT2D eigenvalue weighted by atomic mass is 10.1. The second-order valence-corrected chi connectivity index (χ2v) is 5.81. The van der Waals surface area contributed by atoms with Crippen LogP contribution in [0.3, 0.4) is 0 Å². The quantitative estimate of drug-likeness (QED) is 0.373. The monoisotopic (exact) mass is 344 g/mol. The van der Waals surface area contributed by atoms with Crippen molar-refractivity contribution in [2.75, 3.05) is 6.54 Å². The first kappa shape index (κ1) is 17.9. The lowest BCUT2D eigenvalue weighted by molar-refractivity contribution is -0.128. The molecule has 1 heterocycles. The molecule has 0 aromatic heterocycles. The molecule has 0 radical (unpaired) electrons. The Labute approximate surface area is 147 Å². The van der Waals surface area contributed by atoms with Crippen molar-refractivity contribution >= 4 is 35.2 Å². The summed E-state index contributed by atoms with van der Waals surface area (Å²) >= 11 is 5.01. The van der Waals surface area contributed by atoms with E-state index in [1.165, 1.54) is 4.90 Å². The molecule has 1 aromatic carbocycles. The van der Waals surface area contributed by atoms with Crippen molar-refractivity contribution < 1.29 is 14.3 Å². The van der Waals surface area contributed by atoms with E-state index < -0.39 is 11.8 Å². The highest BCUT2D eigenvalue weighted by Crippen LogP contribution is 2.19. The van der Waals surface area contributed by atoms with Gasteiger partial charge in [0, 0.05) is 6.54 Å². The Kier molecular flexibility index (Phi) is 5.87. The molecule has 6 heteroatoms. The van der Waals surface area contributed by atoms with Crippen LogP contribution in [0.25, 0.3) is 6.08 Å². The predicted octanol–water partition coefficient (Wildman–Crippen LogP) is 2.68. The number of nitrogens with zero attached hydrogens (tertiary/aromatic N) is 1. The van der Waals surface area contributed by atoms with Crippen molar-refractivity contribution in [2.24, 2.45) is 0 Å². The second kappa shape index (κ2) is 7.88. The first-order valence-corrected chi connectivity index (χ1v) is 8.13. The number of rotatable bonds is 6. The zero-order valence-corrected chi connectivity index (χ0v) is 14.6. The standard InChI is InChI=1S/C18H20N2O3S/c1-4-10-20-17(22)15(16(21)19-18(20)24)11-13-6-8-14(9-7-13)23-12(3)5-2/h4,6-9,11-12H,1,5,10H2,2-3H3,(H,19,21,24). The molecular weight excluding hydrogens is 324 g/mol. The van der Waals surface area contributed by atoms with Gasteiger partial charge in [-0.05, 0) is 49.3 Å². The Bertz CT molecular complexity index is 695. The van der Waals surface area contributed by atoms with Gasteiger partial charge in [0.25, 0.3) is 11.8 Å². The normalized spacial score (nSPS) is 17.7. The lowest BCUT2D eigenvalue weighted by Crippen LogP contribution is -2.53. The molecule has 126 valence electrons. The number of thiocarbonyl (C=S) groups is 1. The van der Waals surface area contributed by atoms with Gasteiger partial charge in [0.05, 0.1) is 6.10 Å². The van der Waals surface area contributed by atoms with Crippen LogP contribution in [-0.4, -0.2) is 34.5 Å². The van der Waals surface area contributed by atoms with Gasteiger partial charge in [-0.15, -0.1) is 6.58 Å². The summed E-state index contributed by atoms with van der Waals surface area (Å²) in [6, 6.07) is 7.23. The fourth-order valence-corrected chi connectivity index (χ4v) is 2.36. The zero-order valence-electron chi connectivity index (χ0n) is 13.7. The topological polar surface area (TPSA) is 58.6 Å². The third-order valence-electron chi connectivity index (χ3n) is 3.60. The SMILES string of the molecule is C=CCN1C(=O)C(=Cc2ccc(OC(C)CC)cc2)C(=O)NC1=S. The Morgan fingerprint density at radius 2 is 2.00 bits per heavy atom. The highest BCUT2D eigenvalue weighted by molar-refractivity contribution is 7.80. The Hall–Kier alpha value is -2.47. The third-order valence-corrected chi connectivity index (χ3v) is 3.92. The molecule has 0 saturated carbocycles. The number of hydrogen-bond donors (Lipinski definition) is 1. The fourth-order valence-electron chi connectivity index (χ4n) is 2.11. The number of nitrogens with one attached hydrogen (secondary N) is 1. The van der Waals surface area contributed by atoms with E-state index in [9.17, 15) is 9.59 Å². The summed E-state index contributed by atoms with van der Waals surface area (Å²) in [5.74, 6) is -0.172. The summed E-state index contributed by atoms with van der Waals surface area (Å²) in [6.45, 7) is 7.89. The van der Waals surface area contributed by atoms with Gasteiger partial charge in [0.1, 0.15) is 11.3 Å². The molecule has 2 rings (SSSR count). The summed E-state index contributed by atoms with van der Waals surface area (Å²) < 4.78 is 5.71. The van der Waals surface area contributed by atoms with Crippen molar-refractivity contribution in [2.45, 2.75) is 26.4 Å². The molecule has 0 spiro atoms. The number of amides is 2.